The van der Waals surface area contributed by atoms with Gasteiger partial charge in [0.25, 0.3) is 0 Å². The molecular weight excluding hydrogens is 256 g/mol. The average molecular weight is 279 g/mol. The molecule has 0 aromatic heterocycles. The second-order valence-corrected chi connectivity index (χ2v) is 6.65. The largest absolute Gasteiger partial charge is 0.316 e. The highest BCUT2D eigenvalue weighted by atomic mass is 19.2. The molecule has 2 aliphatic carbocycles. The van der Waals surface area contributed by atoms with Crippen molar-refractivity contribution in [3.63, 3.8) is 0 Å². The highest BCUT2D eigenvalue weighted by Crippen LogP contribution is 2.57. The molecular formula is C17H23F2N. The SMILES string of the molecule is CCNCC1(Cc2ccc(F)c(F)c2)CC2CCC1C2. The van der Waals surface area contributed by atoms with Crippen LogP contribution in [0.2, 0.25) is 0 Å². The van der Waals surface area contributed by atoms with Crippen molar-refractivity contribution >= 4 is 0 Å². The molecule has 3 rings (SSSR count). The molecule has 1 aromatic carbocycles. The summed E-state index contributed by atoms with van der Waals surface area (Å²) >= 11 is 0. The monoisotopic (exact) mass is 279 g/mol. The Kier molecular flexibility index (Phi) is 3.80. The molecule has 0 amide bonds. The minimum Gasteiger partial charge on any atom is -0.316 e. The van der Waals surface area contributed by atoms with Crippen molar-refractivity contribution in [1.82, 2.24) is 5.32 Å². The molecule has 3 heteroatoms. The molecule has 3 unspecified atom stereocenters. The van der Waals surface area contributed by atoms with Gasteiger partial charge >= 0.3 is 0 Å². The van der Waals surface area contributed by atoms with Crippen molar-refractivity contribution in [2.75, 3.05) is 13.1 Å². The fourth-order valence-corrected chi connectivity index (χ4v) is 4.48. The third-order valence-corrected chi connectivity index (χ3v) is 5.37. The lowest BCUT2D eigenvalue weighted by Gasteiger charge is -2.38. The number of benzene rings is 1. The summed E-state index contributed by atoms with van der Waals surface area (Å²) in [6, 6.07) is 4.39. The molecule has 0 spiro atoms. The molecule has 2 saturated carbocycles. The van der Waals surface area contributed by atoms with E-state index in [4.69, 9.17) is 0 Å². The van der Waals surface area contributed by atoms with E-state index in [2.05, 4.69) is 12.2 Å². The Morgan fingerprint density at radius 3 is 2.70 bits per heavy atom. The number of fused-ring (bicyclic) bond motifs is 2. The van der Waals surface area contributed by atoms with Crippen molar-refractivity contribution in [3.05, 3.63) is 35.4 Å². The van der Waals surface area contributed by atoms with Gasteiger partial charge in [0.1, 0.15) is 0 Å². The lowest BCUT2D eigenvalue weighted by Crippen LogP contribution is -2.40. The van der Waals surface area contributed by atoms with Crippen LogP contribution in [0.5, 0.6) is 0 Å². The fraction of sp³-hybridized carbons (Fsp3) is 0.647. The zero-order chi connectivity index (χ0) is 14.2. The maximum absolute atomic E-state index is 13.4. The van der Waals surface area contributed by atoms with Gasteiger partial charge in [0.15, 0.2) is 11.6 Å². The normalized spacial score (nSPS) is 31.9. The summed E-state index contributed by atoms with van der Waals surface area (Å²) in [6.07, 6.45) is 6.10. The van der Waals surface area contributed by atoms with Gasteiger partial charge in [0.2, 0.25) is 0 Å². The zero-order valence-electron chi connectivity index (χ0n) is 12.1. The van der Waals surface area contributed by atoms with E-state index in [0.29, 0.717) is 0 Å². The van der Waals surface area contributed by atoms with Crippen LogP contribution in [-0.2, 0) is 6.42 Å². The summed E-state index contributed by atoms with van der Waals surface area (Å²) in [6.45, 7) is 4.10. The van der Waals surface area contributed by atoms with Crippen LogP contribution in [0.25, 0.3) is 0 Å². The minimum absolute atomic E-state index is 0.253. The fourth-order valence-electron chi connectivity index (χ4n) is 4.48. The predicted octanol–water partition coefficient (Wildman–Crippen LogP) is 3.92. The van der Waals surface area contributed by atoms with Gasteiger partial charge < -0.3 is 5.32 Å². The summed E-state index contributed by atoms with van der Waals surface area (Å²) in [5, 5.41) is 3.49. The van der Waals surface area contributed by atoms with Crippen LogP contribution in [-0.4, -0.2) is 13.1 Å². The van der Waals surface area contributed by atoms with Crippen molar-refractivity contribution in [2.24, 2.45) is 17.3 Å². The van der Waals surface area contributed by atoms with Crippen LogP contribution in [0.3, 0.4) is 0 Å². The summed E-state index contributed by atoms with van der Waals surface area (Å²) in [4.78, 5) is 0. The maximum Gasteiger partial charge on any atom is 0.159 e. The number of rotatable bonds is 5. The third kappa shape index (κ3) is 2.48. The van der Waals surface area contributed by atoms with Crippen molar-refractivity contribution in [1.29, 1.82) is 0 Å². The van der Waals surface area contributed by atoms with Gasteiger partial charge in [0.05, 0.1) is 0 Å². The highest BCUT2D eigenvalue weighted by molar-refractivity contribution is 5.21. The zero-order valence-corrected chi connectivity index (χ0v) is 12.1. The van der Waals surface area contributed by atoms with Crippen LogP contribution in [0.15, 0.2) is 18.2 Å². The van der Waals surface area contributed by atoms with E-state index < -0.39 is 11.6 Å². The third-order valence-electron chi connectivity index (χ3n) is 5.37. The van der Waals surface area contributed by atoms with Crippen LogP contribution >= 0.6 is 0 Å². The predicted molar refractivity (Wildman–Crippen MR) is 76.5 cm³/mol. The molecule has 2 fully saturated rings. The van der Waals surface area contributed by atoms with Gasteiger partial charge in [-0.2, -0.15) is 0 Å². The first kappa shape index (κ1) is 14.0. The molecule has 0 aliphatic heterocycles. The summed E-state index contributed by atoms with van der Waals surface area (Å²) in [5.74, 6) is 0.135. The van der Waals surface area contributed by atoms with Crippen LogP contribution in [0.1, 0.15) is 38.2 Å². The Balaban J connectivity index is 1.81. The molecule has 110 valence electrons. The Labute approximate surface area is 119 Å². The second-order valence-electron chi connectivity index (χ2n) is 6.65. The molecule has 3 atom stereocenters. The Bertz CT molecular complexity index is 488. The average Bonchev–Trinajstić information content (AvgIpc) is 3.02. The molecule has 0 saturated heterocycles. The number of hydrogen-bond donors (Lipinski definition) is 1. The lowest BCUT2D eigenvalue weighted by molar-refractivity contribution is 0.157. The quantitative estimate of drug-likeness (QED) is 0.861. The molecule has 1 nitrogen and oxygen atoms in total. The van der Waals surface area contributed by atoms with E-state index in [1.807, 2.05) is 0 Å². The van der Waals surface area contributed by atoms with Crippen molar-refractivity contribution in [3.8, 4) is 0 Å². The topological polar surface area (TPSA) is 12.0 Å². The number of nitrogens with one attached hydrogen (secondary N) is 1. The summed E-state index contributed by atoms with van der Waals surface area (Å²) < 4.78 is 26.5. The Morgan fingerprint density at radius 1 is 1.25 bits per heavy atom. The molecule has 0 heterocycles. The van der Waals surface area contributed by atoms with E-state index >= 15 is 0 Å². The van der Waals surface area contributed by atoms with E-state index in [9.17, 15) is 8.78 Å². The highest BCUT2D eigenvalue weighted by Gasteiger charge is 2.50. The van der Waals surface area contributed by atoms with Gasteiger partial charge in [-0.05, 0) is 67.2 Å². The lowest BCUT2D eigenvalue weighted by atomic mass is 9.69. The molecule has 2 bridgehead atoms. The molecule has 0 radical (unpaired) electrons. The number of halogens is 2. The van der Waals surface area contributed by atoms with E-state index in [-0.39, 0.29) is 5.41 Å². The van der Waals surface area contributed by atoms with Crippen molar-refractivity contribution < 1.29 is 8.78 Å². The Morgan fingerprint density at radius 2 is 2.10 bits per heavy atom. The van der Waals surface area contributed by atoms with Crippen LogP contribution < -0.4 is 5.32 Å². The summed E-state index contributed by atoms with van der Waals surface area (Å²) in [5.41, 5.74) is 1.19. The Hall–Kier alpha value is -0.960. The molecule has 2 aliphatic rings. The van der Waals surface area contributed by atoms with Gasteiger partial charge in [-0.25, -0.2) is 8.78 Å². The minimum atomic E-state index is -0.748. The smallest absolute Gasteiger partial charge is 0.159 e. The van der Waals surface area contributed by atoms with E-state index in [0.717, 1.165) is 36.9 Å². The standard InChI is InChI=1S/C17H23F2N/c1-2-20-11-17(9-12-3-5-14(17)7-12)10-13-4-6-15(18)16(19)8-13/h4,6,8,12,14,20H,2-3,5,7,9-11H2,1H3. The van der Waals surface area contributed by atoms with E-state index in [1.54, 1.807) is 6.07 Å². The molecule has 1 N–H and O–H groups in total. The summed E-state index contributed by atoms with van der Waals surface area (Å²) in [7, 11) is 0. The number of hydrogen-bond acceptors (Lipinski definition) is 1. The van der Waals surface area contributed by atoms with Gasteiger partial charge in [-0.15, -0.1) is 0 Å². The maximum atomic E-state index is 13.4. The first-order valence-electron chi connectivity index (χ1n) is 7.77. The molecule has 1 aromatic rings. The van der Waals surface area contributed by atoms with Gasteiger partial charge in [0, 0.05) is 6.54 Å². The second kappa shape index (κ2) is 5.44. The van der Waals surface area contributed by atoms with Crippen molar-refractivity contribution in [2.45, 2.75) is 39.0 Å². The van der Waals surface area contributed by atoms with Crippen LogP contribution in [0.4, 0.5) is 8.78 Å². The van der Waals surface area contributed by atoms with Crippen LogP contribution in [0, 0.1) is 28.9 Å². The van der Waals surface area contributed by atoms with Gasteiger partial charge in [-0.3, -0.25) is 0 Å². The first-order chi connectivity index (χ1) is 9.63. The van der Waals surface area contributed by atoms with Gasteiger partial charge in [-0.1, -0.05) is 19.4 Å². The first-order valence-corrected chi connectivity index (χ1v) is 7.77. The van der Waals surface area contributed by atoms with E-state index in [1.165, 1.54) is 37.8 Å². The molecule has 20 heavy (non-hydrogen) atoms.